The Morgan fingerprint density at radius 3 is 2.46 bits per heavy atom. The third kappa shape index (κ3) is 5.65. The van der Waals surface area contributed by atoms with E-state index in [2.05, 4.69) is 30.6 Å². The number of aliphatic hydroxyl groups excluding tert-OH is 3. The minimum Gasteiger partial charge on any atom is -0.507 e. The van der Waals surface area contributed by atoms with Crippen LogP contribution in [0.3, 0.4) is 0 Å². The lowest BCUT2D eigenvalue weighted by Crippen LogP contribution is -2.42. The molecule has 2 unspecified atom stereocenters. The maximum absolute atomic E-state index is 12.7. The maximum Gasteiger partial charge on any atom is 0.259 e. The first kappa shape index (κ1) is 27.1. The number of fused-ring (bicyclic) bond motifs is 5. The first-order valence-corrected chi connectivity index (χ1v) is 13.3. The SMILES string of the molecule is CC[C@H]1CC2C[C@H]3/C=C/C=C/C(=O)NCC[C@H](O)[C@@H]4NC(=O)C(=C(O)/C=C/C=C/[C@H](O)[C@H]3C2[C@H]1C)C4=O. The minimum absolute atomic E-state index is 0.0293. The first-order chi connectivity index (χ1) is 17.7. The van der Waals surface area contributed by atoms with Crippen molar-refractivity contribution < 1.29 is 29.7 Å². The number of Topliss-reactive ketones (excluding diaryl/α,β-unsaturated/α-hetero) is 1. The second-order valence-corrected chi connectivity index (χ2v) is 10.8. The van der Waals surface area contributed by atoms with Gasteiger partial charge in [0.15, 0.2) is 5.78 Å². The highest BCUT2D eigenvalue weighted by molar-refractivity contribution is 6.27. The van der Waals surface area contributed by atoms with E-state index >= 15 is 0 Å². The van der Waals surface area contributed by atoms with Crippen molar-refractivity contribution in [1.82, 2.24) is 10.6 Å². The topological polar surface area (TPSA) is 136 Å². The number of nitrogens with one attached hydrogen (secondary N) is 2. The molecule has 4 aliphatic rings. The van der Waals surface area contributed by atoms with Gasteiger partial charge in [-0.25, -0.2) is 0 Å². The second kappa shape index (κ2) is 11.6. The molecule has 0 spiro atoms. The fourth-order valence-corrected chi connectivity index (χ4v) is 6.96. The van der Waals surface area contributed by atoms with Crippen LogP contribution in [-0.2, 0) is 14.4 Å². The average molecular weight is 511 g/mol. The van der Waals surface area contributed by atoms with E-state index in [4.69, 9.17) is 0 Å². The van der Waals surface area contributed by atoms with Crippen molar-refractivity contribution in [3.63, 3.8) is 0 Å². The Morgan fingerprint density at radius 1 is 0.973 bits per heavy atom. The van der Waals surface area contributed by atoms with E-state index in [0.717, 1.165) is 12.8 Å². The summed E-state index contributed by atoms with van der Waals surface area (Å²) in [4.78, 5) is 37.2. The standard InChI is InChI=1S/C29H38N2O6/c1-3-17-14-19-15-18-8-4-7-11-23(35)30-13-12-22(34)27-28(36)26(29(37)31-27)21(33)10-6-5-9-20(32)25(18)24(19)16(17)2/h4-11,16-20,22,24-25,27,32-34H,3,12-15H2,1-2H3,(H,30,35)(H,31,37)/b8-4+,9-5+,10-6+,11-7+,26-21?/t16-,17-,18+,19?,20-,22-,24?,25-,27-/m0/s1. The van der Waals surface area contributed by atoms with Gasteiger partial charge in [0.25, 0.3) is 5.91 Å². The molecule has 2 saturated carbocycles. The van der Waals surface area contributed by atoms with Crippen LogP contribution in [0.15, 0.2) is 59.9 Å². The monoisotopic (exact) mass is 510 g/mol. The number of carbonyl (C=O) groups is 3. The van der Waals surface area contributed by atoms with Crippen LogP contribution in [0.5, 0.6) is 0 Å². The van der Waals surface area contributed by atoms with E-state index in [1.165, 1.54) is 24.6 Å². The van der Waals surface area contributed by atoms with E-state index in [0.29, 0.717) is 23.7 Å². The number of ketones is 1. The average Bonchev–Trinajstić information content (AvgIpc) is 3.48. The molecule has 37 heavy (non-hydrogen) atoms. The Labute approximate surface area is 217 Å². The van der Waals surface area contributed by atoms with Crippen molar-refractivity contribution in [2.75, 3.05) is 6.54 Å². The summed E-state index contributed by atoms with van der Waals surface area (Å²) >= 11 is 0. The zero-order valence-electron chi connectivity index (χ0n) is 21.4. The number of aliphatic hydroxyl groups is 3. The van der Waals surface area contributed by atoms with Crippen LogP contribution < -0.4 is 10.6 Å². The maximum atomic E-state index is 12.7. The Kier molecular flexibility index (Phi) is 8.49. The van der Waals surface area contributed by atoms with E-state index in [1.54, 1.807) is 18.2 Å². The largest absolute Gasteiger partial charge is 0.507 e. The zero-order valence-corrected chi connectivity index (χ0v) is 21.4. The van der Waals surface area contributed by atoms with Crippen molar-refractivity contribution in [1.29, 1.82) is 0 Å². The fourth-order valence-electron chi connectivity index (χ4n) is 6.96. The Balaban J connectivity index is 1.62. The van der Waals surface area contributed by atoms with Gasteiger partial charge in [0.2, 0.25) is 5.91 Å². The molecule has 3 fully saturated rings. The van der Waals surface area contributed by atoms with Gasteiger partial charge in [-0.3, -0.25) is 14.4 Å². The molecule has 200 valence electrons. The quantitative estimate of drug-likeness (QED) is 0.344. The van der Waals surface area contributed by atoms with Crippen LogP contribution in [-0.4, -0.2) is 57.7 Å². The lowest BCUT2D eigenvalue weighted by molar-refractivity contribution is -0.118. The highest BCUT2D eigenvalue weighted by atomic mass is 16.3. The number of hydrogen-bond donors (Lipinski definition) is 5. The van der Waals surface area contributed by atoms with Crippen LogP contribution in [0.1, 0.15) is 39.5 Å². The van der Waals surface area contributed by atoms with Crippen LogP contribution >= 0.6 is 0 Å². The predicted octanol–water partition coefficient (Wildman–Crippen LogP) is 2.27. The van der Waals surface area contributed by atoms with Crippen molar-refractivity contribution in [2.24, 2.45) is 35.5 Å². The number of carbonyl (C=O) groups excluding carboxylic acids is 3. The highest BCUT2D eigenvalue weighted by Gasteiger charge is 2.52. The molecule has 8 nitrogen and oxygen atoms in total. The Bertz CT molecular complexity index is 1060. The van der Waals surface area contributed by atoms with Crippen LogP contribution in [0.4, 0.5) is 0 Å². The molecular formula is C29H38N2O6. The van der Waals surface area contributed by atoms with Gasteiger partial charge in [-0.15, -0.1) is 0 Å². The van der Waals surface area contributed by atoms with Crippen molar-refractivity contribution >= 4 is 17.6 Å². The number of amides is 2. The van der Waals surface area contributed by atoms with E-state index in [1.807, 2.05) is 6.08 Å². The van der Waals surface area contributed by atoms with E-state index in [9.17, 15) is 29.7 Å². The molecule has 2 bridgehead atoms. The van der Waals surface area contributed by atoms with Gasteiger partial charge in [-0.2, -0.15) is 0 Å². The molecule has 0 aromatic carbocycles. The molecule has 0 aromatic heterocycles. The molecule has 2 aliphatic heterocycles. The van der Waals surface area contributed by atoms with Crippen LogP contribution in [0, 0.1) is 35.5 Å². The summed E-state index contributed by atoms with van der Waals surface area (Å²) < 4.78 is 0. The molecule has 1 saturated heterocycles. The summed E-state index contributed by atoms with van der Waals surface area (Å²) in [5.74, 6) is 0.00864. The molecule has 9 atom stereocenters. The molecule has 5 N–H and O–H groups in total. The first-order valence-electron chi connectivity index (χ1n) is 13.3. The van der Waals surface area contributed by atoms with Crippen molar-refractivity contribution in [3.8, 4) is 0 Å². The van der Waals surface area contributed by atoms with E-state index < -0.39 is 41.3 Å². The lowest BCUT2D eigenvalue weighted by Gasteiger charge is -2.30. The van der Waals surface area contributed by atoms with Gasteiger partial charge in [-0.05, 0) is 60.8 Å². The van der Waals surface area contributed by atoms with Crippen LogP contribution in [0.25, 0.3) is 0 Å². The van der Waals surface area contributed by atoms with Gasteiger partial charge in [0, 0.05) is 12.6 Å². The van der Waals surface area contributed by atoms with Crippen LogP contribution in [0.2, 0.25) is 0 Å². The highest BCUT2D eigenvalue weighted by Crippen LogP contribution is 2.57. The summed E-state index contributed by atoms with van der Waals surface area (Å²) in [5.41, 5.74) is -0.412. The van der Waals surface area contributed by atoms with Gasteiger partial charge < -0.3 is 26.0 Å². The zero-order chi connectivity index (χ0) is 26.7. The van der Waals surface area contributed by atoms with Gasteiger partial charge in [0.05, 0.1) is 12.2 Å². The number of hydrogen-bond acceptors (Lipinski definition) is 6. The number of rotatable bonds is 1. The van der Waals surface area contributed by atoms with Gasteiger partial charge in [-0.1, -0.05) is 56.7 Å². The molecule has 2 aliphatic carbocycles. The molecule has 8 heteroatoms. The van der Waals surface area contributed by atoms with Gasteiger partial charge >= 0.3 is 0 Å². The smallest absolute Gasteiger partial charge is 0.259 e. The summed E-state index contributed by atoms with van der Waals surface area (Å²) in [6.07, 6.45) is 14.5. The van der Waals surface area contributed by atoms with E-state index in [-0.39, 0.29) is 30.7 Å². The Morgan fingerprint density at radius 2 is 1.70 bits per heavy atom. The normalized spacial score (nSPS) is 42.4. The fraction of sp³-hybridized carbons (Fsp3) is 0.552. The lowest BCUT2D eigenvalue weighted by atomic mass is 9.76. The van der Waals surface area contributed by atoms with Gasteiger partial charge in [0.1, 0.15) is 17.4 Å². The van der Waals surface area contributed by atoms with Crippen molar-refractivity contribution in [2.45, 2.75) is 57.8 Å². The van der Waals surface area contributed by atoms with Crippen molar-refractivity contribution in [3.05, 3.63) is 59.9 Å². The summed E-state index contributed by atoms with van der Waals surface area (Å²) in [6.45, 7) is 4.63. The molecule has 0 aromatic rings. The summed E-state index contributed by atoms with van der Waals surface area (Å²) in [6, 6.07) is -1.19. The predicted molar refractivity (Wildman–Crippen MR) is 139 cm³/mol. The minimum atomic E-state index is -1.22. The second-order valence-electron chi connectivity index (χ2n) is 10.8. The molecule has 2 amide bonds. The summed E-state index contributed by atoms with van der Waals surface area (Å²) in [5, 5.41) is 37.1. The summed E-state index contributed by atoms with van der Waals surface area (Å²) in [7, 11) is 0. The molecule has 2 heterocycles. The third-order valence-electron chi connectivity index (χ3n) is 8.75. The Hall–Kier alpha value is -2.97. The molecule has 4 rings (SSSR count). The molecule has 0 radical (unpaired) electrons. The third-order valence-corrected chi connectivity index (χ3v) is 8.75. The number of allylic oxidation sites excluding steroid dienone is 6. The molecular weight excluding hydrogens is 472 g/mol.